The van der Waals surface area contributed by atoms with E-state index in [1.807, 2.05) is 0 Å². The maximum Gasteiger partial charge on any atom is 0.573 e. The largest absolute Gasteiger partial charge is 0.573 e. The summed E-state index contributed by atoms with van der Waals surface area (Å²) in [5.41, 5.74) is 4.75. The number of halogens is 8. The monoisotopic (exact) mass is 520 g/mol. The van der Waals surface area contributed by atoms with Crippen LogP contribution in [0.1, 0.15) is 26.3 Å². The van der Waals surface area contributed by atoms with E-state index in [1.54, 1.807) is 0 Å². The standard InChI is InChI=1S/C22H12F8N2O4/c23-14-6-1-9(7-12(14)19(31)33)16-17(21(25,26)27)15(24)8-13(20(32)34)18(16)35-10-2-4-11(5-3-10)36-22(28,29)30/h1-8H,(H2,31,33)(H2,32,34). The van der Waals surface area contributed by atoms with E-state index in [9.17, 15) is 44.7 Å². The fourth-order valence-electron chi connectivity index (χ4n) is 3.17. The van der Waals surface area contributed by atoms with Crippen molar-refractivity contribution in [1.82, 2.24) is 0 Å². The molecule has 0 radical (unpaired) electrons. The highest BCUT2D eigenvalue weighted by atomic mass is 19.4. The van der Waals surface area contributed by atoms with Gasteiger partial charge in [0.15, 0.2) is 0 Å². The second kappa shape index (κ2) is 9.36. The molecule has 0 aliphatic heterocycles. The molecule has 0 aliphatic rings. The second-order valence-electron chi connectivity index (χ2n) is 7.03. The van der Waals surface area contributed by atoms with Crippen molar-refractivity contribution < 1.29 is 54.2 Å². The van der Waals surface area contributed by atoms with Gasteiger partial charge < -0.3 is 20.9 Å². The number of benzene rings is 3. The average Bonchev–Trinajstić information content (AvgIpc) is 2.74. The molecule has 0 aliphatic carbocycles. The number of rotatable bonds is 6. The molecule has 0 fully saturated rings. The van der Waals surface area contributed by atoms with E-state index < -0.39 is 81.1 Å². The zero-order valence-electron chi connectivity index (χ0n) is 17.4. The molecular formula is C22H12F8N2O4. The van der Waals surface area contributed by atoms with Crippen molar-refractivity contribution in [1.29, 1.82) is 0 Å². The molecule has 6 nitrogen and oxygen atoms in total. The Morgan fingerprint density at radius 3 is 1.78 bits per heavy atom. The van der Waals surface area contributed by atoms with Crippen LogP contribution in [0, 0.1) is 11.6 Å². The zero-order chi connectivity index (χ0) is 27.0. The third-order valence-corrected chi connectivity index (χ3v) is 4.58. The number of carbonyl (C=O) groups excluding carboxylic acids is 2. The van der Waals surface area contributed by atoms with Crippen LogP contribution in [0.4, 0.5) is 35.1 Å². The predicted octanol–water partition coefficient (Wildman–Crippen LogP) is 5.54. The molecule has 0 aromatic heterocycles. The fourth-order valence-corrected chi connectivity index (χ4v) is 3.17. The van der Waals surface area contributed by atoms with E-state index in [1.165, 1.54) is 0 Å². The molecule has 0 saturated carbocycles. The van der Waals surface area contributed by atoms with Crippen LogP contribution in [-0.4, -0.2) is 18.2 Å². The molecule has 0 atom stereocenters. The predicted molar refractivity (Wildman–Crippen MR) is 107 cm³/mol. The lowest BCUT2D eigenvalue weighted by molar-refractivity contribution is -0.274. The summed E-state index contributed by atoms with van der Waals surface area (Å²) in [6.07, 6.45) is -10.4. The van der Waals surface area contributed by atoms with Gasteiger partial charge in [-0.15, -0.1) is 13.2 Å². The van der Waals surface area contributed by atoms with Crippen molar-refractivity contribution in [3.8, 4) is 28.4 Å². The number of primary amides is 2. The summed E-state index contributed by atoms with van der Waals surface area (Å²) in [4.78, 5) is 23.5. The highest BCUT2D eigenvalue weighted by molar-refractivity contribution is 6.00. The normalized spacial score (nSPS) is 11.8. The van der Waals surface area contributed by atoms with Crippen LogP contribution in [0.2, 0.25) is 0 Å². The van der Waals surface area contributed by atoms with Crippen molar-refractivity contribution >= 4 is 11.8 Å². The van der Waals surface area contributed by atoms with Gasteiger partial charge in [0, 0.05) is 5.56 Å². The molecular weight excluding hydrogens is 508 g/mol. The number of amides is 2. The van der Waals surface area contributed by atoms with E-state index in [0.29, 0.717) is 12.1 Å². The van der Waals surface area contributed by atoms with Gasteiger partial charge in [0.1, 0.15) is 34.4 Å². The van der Waals surface area contributed by atoms with Crippen LogP contribution >= 0.6 is 0 Å². The summed E-state index contributed by atoms with van der Waals surface area (Å²) >= 11 is 0. The third kappa shape index (κ3) is 5.64. The third-order valence-electron chi connectivity index (χ3n) is 4.58. The van der Waals surface area contributed by atoms with Crippen LogP contribution < -0.4 is 20.9 Å². The Kier molecular flexibility index (Phi) is 6.82. The van der Waals surface area contributed by atoms with Gasteiger partial charge in [-0.25, -0.2) is 8.78 Å². The summed E-state index contributed by atoms with van der Waals surface area (Å²) < 4.78 is 116. The van der Waals surface area contributed by atoms with Gasteiger partial charge in [0.25, 0.3) is 11.8 Å². The van der Waals surface area contributed by atoms with Gasteiger partial charge in [-0.05, 0) is 48.0 Å². The number of carbonyl (C=O) groups is 2. The highest BCUT2D eigenvalue weighted by Crippen LogP contribution is 2.47. The second-order valence-corrected chi connectivity index (χ2v) is 7.03. The minimum Gasteiger partial charge on any atom is -0.456 e. The average molecular weight is 520 g/mol. The maximum atomic E-state index is 14.6. The van der Waals surface area contributed by atoms with Crippen LogP contribution in [0.5, 0.6) is 17.2 Å². The van der Waals surface area contributed by atoms with Crippen LogP contribution in [0.3, 0.4) is 0 Å². The molecule has 0 heterocycles. The molecule has 0 unspecified atom stereocenters. The minimum absolute atomic E-state index is 0.156. The molecule has 0 bridgehead atoms. The molecule has 0 saturated heterocycles. The lowest BCUT2D eigenvalue weighted by atomic mass is 9.93. The van der Waals surface area contributed by atoms with E-state index in [4.69, 9.17) is 16.2 Å². The van der Waals surface area contributed by atoms with E-state index in [2.05, 4.69) is 4.74 Å². The number of hydrogen-bond donors (Lipinski definition) is 2. The Labute approximate surface area is 196 Å². The Morgan fingerprint density at radius 1 is 0.722 bits per heavy atom. The van der Waals surface area contributed by atoms with E-state index >= 15 is 0 Å². The maximum absolute atomic E-state index is 14.6. The zero-order valence-corrected chi connectivity index (χ0v) is 17.4. The van der Waals surface area contributed by atoms with Crippen molar-refractivity contribution in [2.75, 3.05) is 0 Å². The van der Waals surface area contributed by atoms with Crippen LogP contribution in [0.25, 0.3) is 11.1 Å². The SMILES string of the molecule is NC(=O)c1cc(-c2c(Oc3ccc(OC(F)(F)F)cc3)c(C(N)=O)cc(F)c2C(F)(F)F)ccc1F. The molecule has 4 N–H and O–H groups in total. The number of alkyl halides is 6. The molecule has 14 heteroatoms. The van der Waals surface area contributed by atoms with Gasteiger partial charge in [-0.2, -0.15) is 13.2 Å². The Balaban J connectivity index is 2.30. The van der Waals surface area contributed by atoms with Crippen LogP contribution in [0.15, 0.2) is 48.5 Å². The molecule has 3 aromatic carbocycles. The fraction of sp³-hybridized carbons (Fsp3) is 0.0909. The lowest BCUT2D eigenvalue weighted by Crippen LogP contribution is -2.18. The van der Waals surface area contributed by atoms with Crippen molar-refractivity contribution in [2.45, 2.75) is 12.5 Å². The number of ether oxygens (including phenoxy) is 2. The van der Waals surface area contributed by atoms with E-state index in [-0.39, 0.29) is 6.07 Å². The molecule has 36 heavy (non-hydrogen) atoms. The highest BCUT2D eigenvalue weighted by Gasteiger charge is 2.41. The molecule has 2 amide bonds. The van der Waals surface area contributed by atoms with Gasteiger partial charge >= 0.3 is 12.5 Å². The van der Waals surface area contributed by atoms with Gasteiger partial charge in [-0.3, -0.25) is 9.59 Å². The summed E-state index contributed by atoms with van der Waals surface area (Å²) in [5, 5.41) is 0. The van der Waals surface area contributed by atoms with Gasteiger partial charge in [0.2, 0.25) is 0 Å². The molecule has 3 aromatic rings. The topological polar surface area (TPSA) is 105 Å². The minimum atomic E-state index is -5.40. The van der Waals surface area contributed by atoms with Crippen molar-refractivity contribution in [3.05, 3.63) is 76.9 Å². The summed E-state index contributed by atoms with van der Waals surface area (Å²) in [7, 11) is 0. The Morgan fingerprint density at radius 2 is 1.28 bits per heavy atom. The Hall–Kier alpha value is -4.36. The van der Waals surface area contributed by atoms with Gasteiger partial charge in [-0.1, -0.05) is 6.07 Å². The number of hydrogen-bond acceptors (Lipinski definition) is 4. The van der Waals surface area contributed by atoms with Crippen molar-refractivity contribution in [2.24, 2.45) is 11.5 Å². The smallest absolute Gasteiger partial charge is 0.456 e. The quantitative estimate of drug-likeness (QED) is 0.417. The summed E-state index contributed by atoms with van der Waals surface area (Å²) in [6.45, 7) is 0. The molecule has 190 valence electrons. The summed E-state index contributed by atoms with van der Waals surface area (Å²) in [6, 6.07) is 5.27. The molecule has 0 spiro atoms. The Bertz CT molecular complexity index is 1340. The van der Waals surface area contributed by atoms with E-state index in [0.717, 1.165) is 30.3 Å². The number of nitrogens with two attached hydrogens (primary N) is 2. The first-order valence-electron chi connectivity index (χ1n) is 9.45. The first-order valence-corrected chi connectivity index (χ1v) is 9.45. The first kappa shape index (κ1) is 26.2. The first-order chi connectivity index (χ1) is 16.6. The lowest BCUT2D eigenvalue weighted by Gasteiger charge is -2.21. The van der Waals surface area contributed by atoms with Crippen LogP contribution in [-0.2, 0) is 6.18 Å². The van der Waals surface area contributed by atoms with Gasteiger partial charge in [0.05, 0.1) is 11.1 Å². The van der Waals surface area contributed by atoms with Crippen molar-refractivity contribution in [3.63, 3.8) is 0 Å². The molecule has 3 rings (SSSR count). The summed E-state index contributed by atoms with van der Waals surface area (Å²) in [5.74, 6) is -8.03.